The summed E-state index contributed by atoms with van der Waals surface area (Å²) < 4.78 is 11.9. The van der Waals surface area contributed by atoms with Crippen molar-refractivity contribution in [2.24, 2.45) is 0 Å². The van der Waals surface area contributed by atoms with Crippen LogP contribution in [0.1, 0.15) is 38.3 Å². The van der Waals surface area contributed by atoms with Crippen LogP contribution in [0.3, 0.4) is 0 Å². The standard InChI is InChI=1S/C33H40N6O3/c1-33(2,3)23-17-22(19-39-16-14-24(20-39)38(4)5)31(41-6)28(18-23)37-32(40)36-27-11-12-29(26-10-8-7-9-25(26)27)42-30-13-15-34-21-35-30/h7-13,15,17-18,21,24H,14,16,19-20H2,1-6H3,(H2,36,37,40). The van der Waals surface area contributed by atoms with E-state index in [0.29, 0.717) is 34.8 Å². The molecule has 1 saturated heterocycles. The molecule has 0 spiro atoms. The number of hydrogen-bond donors (Lipinski definition) is 2. The summed E-state index contributed by atoms with van der Waals surface area (Å²) in [6.45, 7) is 9.32. The Bertz CT molecular complexity index is 1550. The van der Waals surface area contributed by atoms with Crippen LogP contribution in [0.2, 0.25) is 0 Å². The number of likely N-dealkylation sites (tertiary alicyclic amines) is 1. The minimum absolute atomic E-state index is 0.110. The first kappa shape index (κ1) is 29.3. The van der Waals surface area contributed by atoms with Crippen molar-refractivity contribution in [1.82, 2.24) is 19.8 Å². The van der Waals surface area contributed by atoms with Crippen LogP contribution in [0.4, 0.5) is 16.2 Å². The Hall–Kier alpha value is -4.21. The van der Waals surface area contributed by atoms with Crippen LogP contribution in [0.5, 0.6) is 17.4 Å². The summed E-state index contributed by atoms with van der Waals surface area (Å²) in [5.74, 6) is 1.77. The largest absolute Gasteiger partial charge is 0.494 e. The van der Waals surface area contributed by atoms with Crippen molar-refractivity contribution in [3.8, 4) is 17.4 Å². The summed E-state index contributed by atoms with van der Waals surface area (Å²) in [6, 6.07) is 17.6. The van der Waals surface area contributed by atoms with Crippen LogP contribution >= 0.6 is 0 Å². The summed E-state index contributed by atoms with van der Waals surface area (Å²) >= 11 is 0. The molecule has 9 heteroatoms. The molecule has 2 N–H and O–H groups in total. The van der Waals surface area contributed by atoms with Gasteiger partial charge in [0, 0.05) is 54.3 Å². The molecule has 1 atom stereocenters. The number of anilines is 2. The molecule has 3 aromatic carbocycles. The molecule has 1 unspecified atom stereocenters. The van der Waals surface area contributed by atoms with Crippen molar-refractivity contribution < 1.29 is 14.3 Å². The van der Waals surface area contributed by atoms with E-state index in [1.807, 2.05) is 42.5 Å². The second-order valence-electron chi connectivity index (χ2n) is 12.0. The Balaban J connectivity index is 1.41. The van der Waals surface area contributed by atoms with Gasteiger partial charge in [0.2, 0.25) is 5.88 Å². The van der Waals surface area contributed by atoms with Crippen LogP contribution in [-0.4, -0.2) is 66.1 Å². The van der Waals surface area contributed by atoms with Crippen molar-refractivity contribution in [3.63, 3.8) is 0 Å². The van der Waals surface area contributed by atoms with E-state index in [0.717, 1.165) is 48.0 Å². The summed E-state index contributed by atoms with van der Waals surface area (Å²) in [4.78, 5) is 26.3. The number of hydrogen-bond acceptors (Lipinski definition) is 7. The number of urea groups is 1. The smallest absolute Gasteiger partial charge is 0.323 e. The Kier molecular flexibility index (Phi) is 8.61. The van der Waals surface area contributed by atoms with E-state index < -0.39 is 0 Å². The predicted molar refractivity (Wildman–Crippen MR) is 168 cm³/mol. The SMILES string of the molecule is COc1c(CN2CCC(N(C)C)C2)cc(C(C)(C)C)cc1NC(=O)Nc1ccc(Oc2ccncn2)c2ccccc12. The molecule has 1 aliphatic rings. The zero-order valence-electron chi connectivity index (χ0n) is 25.3. The van der Waals surface area contributed by atoms with Crippen LogP contribution in [-0.2, 0) is 12.0 Å². The normalized spacial score (nSPS) is 15.6. The summed E-state index contributed by atoms with van der Waals surface area (Å²) in [5.41, 5.74) is 3.40. The Morgan fingerprint density at radius 1 is 1.05 bits per heavy atom. The number of amides is 2. The van der Waals surface area contributed by atoms with E-state index in [-0.39, 0.29) is 11.4 Å². The lowest BCUT2D eigenvalue weighted by molar-refractivity contribution is 0.261. The number of carbonyl (C=O) groups excluding carboxylic acids is 1. The van der Waals surface area contributed by atoms with Gasteiger partial charge in [0.05, 0.1) is 18.5 Å². The highest BCUT2D eigenvalue weighted by Crippen LogP contribution is 2.38. The van der Waals surface area contributed by atoms with Crippen molar-refractivity contribution in [3.05, 3.63) is 78.2 Å². The second kappa shape index (κ2) is 12.3. The number of ether oxygens (including phenoxy) is 2. The first-order valence-electron chi connectivity index (χ1n) is 14.3. The molecule has 0 bridgehead atoms. The van der Waals surface area contributed by atoms with Gasteiger partial charge in [-0.3, -0.25) is 4.90 Å². The molecule has 0 aliphatic carbocycles. The Morgan fingerprint density at radius 3 is 2.48 bits per heavy atom. The minimum Gasteiger partial charge on any atom is -0.494 e. The van der Waals surface area contributed by atoms with Crippen molar-refractivity contribution >= 4 is 28.2 Å². The topological polar surface area (TPSA) is 91.9 Å². The van der Waals surface area contributed by atoms with E-state index in [4.69, 9.17) is 9.47 Å². The molecule has 0 saturated carbocycles. The molecule has 2 heterocycles. The van der Waals surface area contributed by atoms with Gasteiger partial charge in [-0.15, -0.1) is 0 Å². The van der Waals surface area contributed by atoms with Crippen LogP contribution < -0.4 is 20.1 Å². The molecule has 9 nitrogen and oxygen atoms in total. The molecule has 42 heavy (non-hydrogen) atoms. The van der Waals surface area contributed by atoms with Gasteiger partial charge in [0.25, 0.3) is 0 Å². The van der Waals surface area contributed by atoms with E-state index in [1.165, 1.54) is 6.33 Å². The lowest BCUT2D eigenvalue weighted by Gasteiger charge is -2.26. The van der Waals surface area contributed by atoms with Gasteiger partial charge in [-0.1, -0.05) is 51.1 Å². The fraction of sp³-hybridized carbons (Fsp3) is 0.364. The van der Waals surface area contributed by atoms with E-state index >= 15 is 0 Å². The number of carbonyl (C=O) groups is 1. The molecular formula is C33H40N6O3. The number of likely N-dealkylation sites (N-methyl/N-ethyl adjacent to an activating group) is 1. The minimum atomic E-state index is -0.353. The van der Waals surface area contributed by atoms with Gasteiger partial charge >= 0.3 is 6.03 Å². The molecule has 1 aliphatic heterocycles. The number of nitrogens with zero attached hydrogens (tertiary/aromatic N) is 4. The third-order valence-corrected chi connectivity index (χ3v) is 7.76. The second-order valence-corrected chi connectivity index (χ2v) is 12.0. The number of methoxy groups -OCH3 is 1. The first-order chi connectivity index (χ1) is 20.1. The van der Waals surface area contributed by atoms with Gasteiger partial charge in [-0.05, 0) is 49.7 Å². The molecule has 1 aromatic heterocycles. The van der Waals surface area contributed by atoms with Crippen molar-refractivity contribution in [2.45, 2.75) is 45.2 Å². The van der Waals surface area contributed by atoms with Crippen LogP contribution in [0, 0.1) is 0 Å². The monoisotopic (exact) mass is 568 g/mol. The molecular weight excluding hydrogens is 528 g/mol. The maximum atomic E-state index is 13.5. The zero-order chi connectivity index (χ0) is 29.9. The van der Waals surface area contributed by atoms with Gasteiger partial charge in [0.1, 0.15) is 17.8 Å². The highest BCUT2D eigenvalue weighted by Gasteiger charge is 2.27. The third-order valence-electron chi connectivity index (χ3n) is 7.76. The Labute approximate surface area is 247 Å². The van der Waals surface area contributed by atoms with Gasteiger partial charge in [0.15, 0.2) is 0 Å². The summed E-state index contributed by atoms with van der Waals surface area (Å²) in [7, 11) is 5.93. The zero-order valence-corrected chi connectivity index (χ0v) is 25.3. The lowest BCUT2D eigenvalue weighted by Crippen LogP contribution is -2.31. The molecule has 220 valence electrons. The van der Waals surface area contributed by atoms with Crippen molar-refractivity contribution in [2.75, 3.05) is 44.9 Å². The highest BCUT2D eigenvalue weighted by atomic mass is 16.5. The highest BCUT2D eigenvalue weighted by molar-refractivity contribution is 6.08. The van der Waals surface area contributed by atoms with E-state index in [2.05, 4.69) is 71.3 Å². The molecule has 5 rings (SSSR count). The molecule has 2 amide bonds. The Morgan fingerprint density at radius 2 is 1.81 bits per heavy atom. The number of benzene rings is 3. The molecule has 0 radical (unpaired) electrons. The van der Waals surface area contributed by atoms with Crippen molar-refractivity contribution in [1.29, 1.82) is 0 Å². The first-order valence-corrected chi connectivity index (χ1v) is 14.3. The van der Waals surface area contributed by atoms with Gasteiger partial charge in [-0.2, -0.15) is 0 Å². The maximum Gasteiger partial charge on any atom is 0.323 e. The van der Waals surface area contributed by atoms with E-state index in [9.17, 15) is 4.79 Å². The van der Waals surface area contributed by atoms with Crippen LogP contribution in [0.15, 0.2) is 67.1 Å². The maximum absolute atomic E-state index is 13.5. The average Bonchev–Trinajstić information content (AvgIpc) is 3.43. The summed E-state index contributed by atoms with van der Waals surface area (Å²) in [6.07, 6.45) is 4.21. The fourth-order valence-electron chi connectivity index (χ4n) is 5.39. The molecule has 1 fully saturated rings. The van der Waals surface area contributed by atoms with Gasteiger partial charge < -0.3 is 25.0 Å². The quantitative estimate of drug-likeness (QED) is 0.250. The fourth-order valence-corrected chi connectivity index (χ4v) is 5.39. The lowest BCUT2D eigenvalue weighted by atomic mass is 9.85. The number of rotatable bonds is 8. The number of aromatic nitrogens is 2. The van der Waals surface area contributed by atoms with Gasteiger partial charge in [-0.25, -0.2) is 14.8 Å². The number of nitrogens with one attached hydrogen (secondary N) is 2. The van der Waals surface area contributed by atoms with Crippen LogP contribution in [0.25, 0.3) is 10.8 Å². The summed E-state index contributed by atoms with van der Waals surface area (Å²) in [5, 5.41) is 7.83. The molecule has 4 aromatic rings. The number of fused-ring (bicyclic) bond motifs is 1. The predicted octanol–water partition coefficient (Wildman–Crippen LogP) is 6.51. The van der Waals surface area contributed by atoms with E-state index in [1.54, 1.807) is 19.4 Å². The average molecular weight is 569 g/mol. The third kappa shape index (κ3) is 6.64.